The number of hydrogen-bond donors (Lipinski definition) is 3. The Bertz CT molecular complexity index is 527. The average Bonchev–Trinajstić information content (AvgIpc) is 3.28. The second kappa shape index (κ2) is 5.26. The van der Waals surface area contributed by atoms with Gasteiger partial charge in [-0.1, -0.05) is 0 Å². The summed E-state index contributed by atoms with van der Waals surface area (Å²) in [6.45, 7) is 2.75. The van der Waals surface area contributed by atoms with Gasteiger partial charge in [-0.3, -0.25) is 4.79 Å². The summed E-state index contributed by atoms with van der Waals surface area (Å²) in [7, 11) is 1.86. The summed E-state index contributed by atoms with van der Waals surface area (Å²) in [5.41, 5.74) is 0.968. The molecule has 20 heavy (non-hydrogen) atoms. The molecule has 1 aliphatic carbocycles. The van der Waals surface area contributed by atoms with Gasteiger partial charge in [0.05, 0.1) is 0 Å². The highest BCUT2D eigenvalue weighted by atomic mass is 16.2. The molecule has 6 nitrogen and oxygen atoms in total. The van der Waals surface area contributed by atoms with E-state index in [4.69, 9.17) is 0 Å². The van der Waals surface area contributed by atoms with Crippen molar-refractivity contribution >= 4 is 17.5 Å². The molecule has 2 fully saturated rings. The molecule has 0 radical (unpaired) electrons. The number of amides is 1. The monoisotopic (exact) mass is 275 g/mol. The number of piperidine rings is 1. The first kappa shape index (κ1) is 13.1. The SMILES string of the molecule is CNc1nc(C2CC2)nc(NC2CCCNC2=O)c1C. The van der Waals surface area contributed by atoms with Crippen molar-refractivity contribution in [3.63, 3.8) is 0 Å². The minimum Gasteiger partial charge on any atom is -0.373 e. The molecule has 1 aromatic rings. The van der Waals surface area contributed by atoms with Crippen LogP contribution in [0.3, 0.4) is 0 Å². The van der Waals surface area contributed by atoms with Crippen LogP contribution in [0.1, 0.15) is 43.0 Å². The van der Waals surface area contributed by atoms with E-state index in [1.807, 2.05) is 14.0 Å². The standard InChI is InChI=1S/C14H21N5O/c1-8-11(15-2)18-13(9-5-6-9)19-12(8)17-10-4-3-7-16-14(10)20/h9-10H,3-7H2,1-2H3,(H,16,20)(H2,15,17,18,19). The second-order valence-corrected chi connectivity index (χ2v) is 5.56. The molecule has 1 aliphatic heterocycles. The highest BCUT2D eigenvalue weighted by molar-refractivity contribution is 5.85. The minimum atomic E-state index is -0.186. The van der Waals surface area contributed by atoms with Crippen LogP contribution in [0.25, 0.3) is 0 Å². The zero-order chi connectivity index (χ0) is 14.1. The molecule has 1 unspecified atom stereocenters. The Balaban J connectivity index is 1.87. The molecule has 108 valence electrons. The fourth-order valence-electron chi connectivity index (χ4n) is 2.52. The number of hydrogen-bond acceptors (Lipinski definition) is 5. The maximum atomic E-state index is 11.9. The van der Waals surface area contributed by atoms with Crippen LogP contribution in [0.5, 0.6) is 0 Å². The molecule has 2 aliphatic rings. The predicted molar refractivity (Wildman–Crippen MR) is 77.9 cm³/mol. The number of carbonyl (C=O) groups is 1. The number of nitrogens with one attached hydrogen (secondary N) is 3. The van der Waals surface area contributed by atoms with Crippen molar-refractivity contribution in [2.24, 2.45) is 0 Å². The molecule has 3 N–H and O–H groups in total. The third kappa shape index (κ3) is 2.55. The zero-order valence-electron chi connectivity index (χ0n) is 12.0. The minimum absolute atomic E-state index is 0.0632. The van der Waals surface area contributed by atoms with Gasteiger partial charge >= 0.3 is 0 Å². The number of carbonyl (C=O) groups excluding carboxylic acids is 1. The Kier molecular flexibility index (Phi) is 3.46. The maximum Gasteiger partial charge on any atom is 0.242 e. The first-order valence-electron chi connectivity index (χ1n) is 7.29. The van der Waals surface area contributed by atoms with Crippen molar-refractivity contribution < 1.29 is 4.79 Å². The number of aromatic nitrogens is 2. The fourth-order valence-corrected chi connectivity index (χ4v) is 2.52. The van der Waals surface area contributed by atoms with Gasteiger partial charge < -0.3 is 16.0 Å². The van der Waals surface area contributed by atoms with Crippen LogP contribution in [0.2, 0.25) is 0 Å². The first-order chi connectivity index (χ1) is 9.69. The molecular weight excluding hydrogens is 254 g/mol. The van der Waals surface area contributed by atoms with Gasteiger partial charge in [-0.2, -0.15) is 0 Å². The predicted octanol–water partition coefficient (Wildman–Crippen LogP) is 1.39. The van der Waals surface area contributed by atoms with Gasteiger partial charge in [-0.05, 0) is 32.6 Å². The highest BCUT2D eigenvalue weighted by Gasteiger charge is 2.29. The summed E-state index contributed by atoms with van der Waals surface area (Å²) in [5, 5.41) is 9.30. The Labute approximate surface area is 118 Å². The molecule has 1 atom stereocenters. The molecule has 3 rings (SSSR count). The van der Waals surface area contributed by atoms with Crippen molar-refractivity contribution in [3.8, 4) is 0 Å². The lowest BCUT2D eigenvalue weighted by molar-refractivity contribution is -0.123. The lowest BCUT2D eigenvalue weighted by atomic mass is 10.1. The summed E-state index contributed by atoms with van der Waals surface area (Å²) < 4.78 is 0. The first-order valence-corrected chi connectivity index (χ1v) is 7.29. The van der Waals surface area contributed by atoms with Gasteiger partial charge in [0.15, 0.2) is 0 Å². The summed E-state index contributed by atoms with van der Waals surface area (Å²) in [5.74, 6) is 3.07. The van der Waals surface area contributed by atoms with Gasteiger partial charge in [0.2, 0.25) is 5.91 Å². The smallest absolute Gasteiger partial charge is 0.242 e. The van der Waals surface area contributed by atoms with Crippen LogP contribution in [-0.4, -0.2) is 35.5 Å². The van der Waals surface area contributed by atoms with E-state index in [0.29, 0.717) is 5.92 Å². The quantitative estimate of drug-likeness (QED) is 0.774. The van der Waals surface area contributed by atoms with Gasteiger partial charge in [-0.25, -0.2) is 9.97 Å². The van der Waals surface area contributed by atoms with Crippen LogP contribution in [-0.2, 0) is 4.79 Å². The van der Waals surface area contributed by atoms with Crippen molar-refractivity contribution in [2.75, 3.05) is 24.2 Å². The van der Waals surface area contributed by atoms with Gasteiger partial charge in [-0.15, -0.1) is 0 Å². The van der Waals surface area contributed by atoms with E-state index in [1.165, 1.54) is 0 Å². The van der Waals surface area contributed by atoms with E-state index in [0.717, 1.165) is 55.3 Å². The van der Waals surface area contributed by atoms with Gasteiger partial charge in [0, 0.05) is 25.1 Å². The third-order valence-corrected chi connectivity index (χ3v) is 3.94. The molecule has 6 heteroatoms. The Morgan fingerprint density at radius 1 is 1.20 bits per heavy atom. The van der Waals surface area contributed by atoms with Crippen molar-refractivity contribution in [1.82, 2.24) is 15.3 Å². The zero-order valence-corrected chi connectivity index (χ0v) is 12.0. The van der Waals surface area contributed by atoms with E-state index in [-0.39, 0.29) is 11.9 Å². The molecule has 1 saturated carbocycles. The summed E-state index contributed by atoms with van der Waals surface area (Å²) in [4.78, 5) is 21.1. The van der Waals surface area contributed by atoms with Crippen molar-refractivity contribution in [3.05, 3.63) is 11.4 Å². The van der Waals surface area contributed by atoms with Crippen LogP contribution >= 0.6 is 0 Å². The molecule has 1 saturated heterocycles. The molecule has 1 aromatic heterocycles. The lowest BCUT2D eigenvalue weighted by Gasteiger charge is -2.24. The van der Waals surface area contributed by atoms with Crippen molar-refractivity contribution in [1.29, 1.82) is 0 Å². The Morgan fingerprint density at radius 2 is 1.95 bits per heavy atom. The summed E-state index contributed by atoms with van der Waals surface area (Å²) in [6, 6.07) is -0.186. The van der Waals surface area contributed by atoms with E-state index >= 15 is 0 Å². The molecular formula is C14H21N5O. The highest BCUT2D eigenvalue weighted by Crippen LogP contribution is 2.39. The van der Waals surface area contributed by atoms with E-state index in [2.05, 4.69) is 25.9 Å². The maximum absolute atomic E-state index is 11.9. The summed E-state index contributed by atoms with van der Waals surface area (Å²) in [6.07, 6.45) is 4.18. The Hall–Kier alpha value is -1.85. The van der Waals surface area contributed by atoms with Crippen LogP contribution in [0.4, 0.5) is 11.6 Å². The molecule has 2 heterocycles. The van der Waals surface area contributed by atoms with E-state index in [1.54, 1.807) is 0 Å². The van der Waals surface area contributed by atoms with Crippen molar-refractivity contribution in [2.45, 2.75) is 44.6 Å². The molecule has 1 amide bonds. The number of rotatable bonds is 4. The number of anilines is 2. The second-order valence-electron chi connectivity index (χ2n) is 5.56. The Morgan fingerprint density at radius 3 is 2.60 bits per heavy atom. The molecule has 0 bridgehead atoms. The average molecular weight is 275 g/mol. The molecule has 0 spiro atoms. The third-order valence-electron chi connectivity index (χ3n) is 3.94. The van der Waals surface area contributed by atoms with Gasteiger partial charge in [0.1, 0.15) is 23.5 Å². The molecule has 0 aromatic carbocycles. The number of nitrogens with zero attached hydrogens (tertiary/aromatic N) is 2. The normalized spacial score (nSPS) is 22.3. The lowest BCUT2D eigenvalue weighted by Crippen LogP contribution is -2.44. The summed E-state index contributed by atoms with van der Waals surface area (Å²) >= 11 is 0. The van der Waals surface area contributed by atoms with Crippen LogP contribution < -0.4 is 16.0 Å². The van der Waals surface area contributed by atoms with E-state index in [9.17, 15) is 4.79 Å². The van der Waals surface area contributed by atoms with Gasteiger partial charge in [0.25, 0.3) is 0 Å². The van der Waals surface area contributed by atoms with Crippen LogP contribution in [0, 0.1) is 6.92 Å². The van der Waals surface area contributed by atoms with Crippen LogP contribution in [0.15, 0.2) is 0 Å². The topological polar surface area (TPSA) is 78.9 Å². The fraction of sp³-hybridized carbons (Fsp3) is 0.643. The van der Waals surface area contributed by atoms with E-state index < -0.39 is 0 Å². The largest absolute Gasteiger partial charge is 0.373 e.